The van der Waals surface area contributed by atoms with E-state index in [1.54, 1.807) is 0 Å². The minimum Gasteiger partial charge on any atom is -0.378 e. The number of imidazole rings is 1. The van der Waals surface area contributed by atoms with Crippen LogP contribution in [0.3, 0.4) is 0 Å². The van der Waals surface area contributed by atoms with Crippen LogP contribution >= 0.6 is 0 Å². The third kappa shape index (κ3) is 3.51. The van der Waals surface area contributed by atoms with Gasteiger partial charge in [-0.05, 0) is 32.1 Å². The van der Waals surface area contributed by atoms with Crippen molar-refractivity contribution in [2.24, 2.45) is 0 Å². The summed E-state index contributed by atoms with van der Waals surface area (Å²) in [6.07, 6.45) is 11.2. The summed E-state index contributed by atoms with van der Waals surface area (Å²) in [5, 5.41) is 0. The van der Waals surface area contributed by atoms with E-state index in [0.717, 1.165) is 64.0 Å². The zero-order valence-electron chi connectivity index (χ0n) is 13.5. The Morgan fingerprint density at radius 3 is 3.09 bits per heavy atom. The molecular weight excluding hydrogens is 278 g/mol. The summed E-state index contributed by atoms with van der Waals surface area (Å²) < 4.78 is 7.88. The average Bonchev–Trinajstić information content (AvgIpc) is 3.23. The van der Waals surface area contributed by atoms with Crippen molar-refractivity contribution < 1.29 is 9.53 Å². The summed E-state index contributed by atoms with van der Waals surface area (Å²) in [4.78, 5) is 18.9. The molecule has 0 saturated carbocycles. The molecule has 0 aliphatic carbocycles. The van der Waals surface area contributed by atoms with Gasteiger partial charge in [0.25, 0.3) is 0 Å². The third-order valence-electron chi connectivity index (χ3n) is 4.91. The standard InChI is InChI=1S/C17H27N3O2/c1-2-16-18-9-11-20(16)14-5-3-10-19(13-14)17(21)8-7-15-6-4-12-22-15/h9,11,14-15H,2-8,10,12-13H2,1H3. The number of aromatic nitrogens is 2. The third-order valence-corrected chi connectivity index (χ3v) is 4.91. The van der Waals surface area contributed by atoms with Crippen LogP contribution in [0.5, 0.6) is 0 Å². The Labute approximate surface area is 132 Å². The lowest BCUT2D eigenvalue weighted by Crippen LogP contribution is -2.41. The highest BCUT2D eigenvalue weighted by atomic mass is 16.5. The van der Waals surface area contributed by atoms with Crippen molar-refractivity contribution in [1.29, 1.82) is 0 Å². The largest absolute Gasteiger partial charge is 0.378 e. The number of nitrogens with zero attached hydrogens (tertiary/aromatic N) is 3. The Hall–Kier alpha value is -1.36. The first-order chi connectivity index (χ1) is 10.8. The van der Waals surface area contributed by atoms with Crippen molar-refractivity contribution >= 4 is 5.91 Å². The first kappa shape index (κ1) is 15.5. The minimum atomic E-state index is 0.290. The van der Waals surface area contributed by atoms with Crippen LogP contribution in [0.25, 0.3) is 0 Å². The number of rotatable bonds is 5. The maximum Gasteiger partial charge on any atom is 0.222 e. The predicted molar refractivity (Wildman–Crippen MR) is 84.7 cm³/mol. The van der Waals surface area contributed by atoms with Crippen molar-refractivity contribution in [3.05, 3.63) is 18.2 Å². The van der Waals surface area contributed by atoms with Crippen LogP contribution in [0.15, 0.2) is 12.4 Å². The molecule has 0 radical (unpaired) electrons. The Morgan fingerprint density at radius 1 is 1.41 bits per heavy atom. The highest BCUT2D eigenvalue weighted by Gasteiger charge is 2.26. The van der Waals surface area contributed by atoms with Crippen LogP contribution in [0.1, 0.15) is 57.3 Å². The molecule has 0 bridgehead atoms. The molecule has 0 N–H and O–H groups in total. The predicted octanol–water partition coefficient (Wildman–Crippen LogP) is 2.57. The first-order valence-corrected chi connectivity index (χ1v) is 8.69. The minimum absolute atomic E-state index is 0.290. The van der Waals surface area contributed by atoms with Gasteiger partial charge in [-0.15, -0.1) is 0 Å². The molecule has 5 heteroatoms. The van der Waals surface area contributed by atoms with Gasteiger partial charge < -0.3 is 14.2 Å². The fraction of sp³-hybridized carbons (Fsp3) is 0.765. The number of ether oxygens (including phenoxy) is 1. The van der Waals surface area contributed by atoms with Crippen LogP contribution in [0.4, 0.5) is 0 Å². The molecule has 2 atom stereocenters. The molecule has 2 saturated heterocycles. The second kappa shape index (κ2) is 7.27. The Kier molecular flexibility index (Phi) is 5.13. The van der Waals surface area contributed by atoms with E-state index in [2.05, 4.69) is 22.7 Å². The topological polar surface area (TPSA) is 47.4 Å². The Morgan fingerprint density at radius 2 is 2.32 bits per heavy atom. The van der Waals surface area contributed by atoms with Gasteiger partial charge in [0.1, 0.15) is 5.82 Å². The van der Waals surface area contributed by atoms with E-state index in [1.165, 1.54) is 0 Å². The molecule has 2 aliphatic rings. The van der Waals surface area contributed by atoms with Crippen molar-refractivity contribution in [3.8, 4) is 0 Å². The molecule has 1 amide bonds. The van der Waals surface area contributed by atoms with E-state index in [1.807, 2.05) is 11.1 Å². The summed E-state index contributed by atoms with van der Waals surface area (Å²) >= 11 is 0. The average molecular weight is 305 g/mol. The molecular formula is C17H27N3O2. The fourth-order valence-corrected chi connectivity index (χ4v) is 3.67. The molecule has 0 aromatic carbocycles. The van der Waals surface area contributed by atoms with Gasteiger partial charge >= 0.3 is 0 Å². The number of carbonyl (C=O) groups excluding carboxylic acids is 1. The van der Waals surface area contributed by atoms with Crippen LogP contribution in [-0.2, 0) is 16.0 Å². The first-order valence-electron chi connectivity index (χ1n) is 8.69. The SMILES string of the molecule is CCc1nccn1C1CCCN(C(=O)CCC2CCCO2)C1. The molecule has 1 aromatic heterocycles. The van der Waals surface area contributed by atoms with E-state index in [0.29, 0.717) is 24.5 Å². The van der Waals surface area contributed by atoms with Gasteiger partial charge in [0, 0.05) is 44.9 Å². The smallest absolute Gasteiger partial charge is 0.222 e. The second-order valence-corrected chi connectivity index (χ2v) is 6.41. The van der Waals surface area contributed by atoms with Crippen LogP contribution in [0, 0.1) is 0 Å². The van der Waals surface area contributed by atoms with Gasteiger partial charge in [0.2, 0.25) is 5.91 Å². The van der Waals surface area contributed by atoms with Crippen molar-refractivity contribution in [2.75, 3.05) is 19.7 Å². The van der Waals surface area contributed by atoms with E-state index in [9.17, 15) is 4.79 Å². The summed E-state index contributed by atoms with van der Waals surface area (Å²) in [5.41, 5.74) is 0. The molecule has 5 nitrogen and oxygen atoms in total. The van der Waals surface area contributed by atoms with Gasteiger partial charge in [-0.3, -0.25) is 4.79 Å². The van der Waals surface area contributed by atoms with E-state index >= 15 is 0 Å². The summed E-state index contributed by atoms with van der Waals surface area (Å²) in [7, 11) is 0. The van der Waals surface area contributed by atoms with Gasteiger partial charge in [-0.2, -0.15) is 0 Å². The lowest BCUT2D eigenvalue weighted by atomic mass is 10.0. The Balaban J connectivity index is 1.54. The zero-order chi connectivity index (χ0) is 15.4. The molecule has 122 valence electrons. The summed E-state index contributed by atoms with van der Waals surface area (Å²) in [6.45, 7) is 4.72. The lowest BCUT2D eigenvalue weighted by Gasteiger charge is -2.34. The van der Waals surface area contributed by atoms with E-state index < -0.39 is 0 Å². The molecule has 2 fully saturated rings. The fourth-order valence-electron chi connectivity index (χ4n) is 3.67. The maximum atomic E-state index is 12.5. The van der Waals surface area contributed by atoms with Gasteiger partial charge in [-0.1, -0.05) is 6.92 Å². The Bertz CT molecular complexity index is 494. The highest BCUT2D eigenvalue weighted by Crippen LogP contribution is 2.24. The van der Waals surface area contributed by atoms with Crippen molar-refractivity contribution in [3.63, 3.8) is 0 Å². The molecule has 3 heterocycles. The van der Waals surface area contributed by atoms with Gasteiger partial charge in [0.05, 0.1) is 12.1 Å². The number of hydrogen-bond acceptors (Lipinski definition) is 3. The van der Waals surface area contributed by atoms with Crippen molar-refractivity contribution in [1.82, 2.24) is 14.5 Å². The molecule has 0 spiro atoms. The quantitative estimate of drug-likeness (QED) is 0.840. The van der Waals surface area contributed by atoms with E-state index in [4.69, 9.17) is 4.74 Å². The van der Waals surface area contributed by atoms with Gasteiger partial charge in [0.15, 0.2) is 0 Å². The number of likely N-dealkylation sites (tertiary alicyclic amines) is 1. The molecule has 2 unspecified atom stereocenters. The molecule has 2 aliphatic heterocycles. The monoisotopic (exact) mass is 305 g/mol. The number of aryl methyl sites for hydroxylation is 1. The number of piperidine rings is 1. The summed E-state index contributed by atoms with van der Waals surface area (Å²) in [6, 6.07) is 0.387. The zero-order valence-corrected chi connectivity index (χ0v) is 13.5. The lowest BCUT2D eigenvalue weighted by molar-refractivity contribution is -0.133. The van der Waals surface area contributed by atoms with Crippen LogP contribution < -0.4 is 0 Å². The van der Waals surface area contributed by atoms with Crippen molar-refractivity contribution in [2.45, 2.75) is 64.0 Å². The van der Waals surface area contributed by atoms with Crippen LogP contribution in [-0.4, -0.2) is 46.2 Å². The van der Waals surface area contributed by atoms with Crippen LogP contribution in [0.2, 0.25) is 0 Å². The normalized spacial score (nSPS) is 25.6. The molecule has 1 aromatic rings. The number of carbonyl (C=O) groups is 1. The summed E-state index contributed by atoms with van der Waals surface area (Å²) in [5.74, 6) is 1.41. The van der Waals surface area contributed by atoms with Gasteiger partial charge in [-0.25, -0.2) is 4.98 Å². The number of amides is 1. The highest BCUT2D eigenvalue weighted by molar-refractivity contribution is 5.76. The molecule has 3 rings (SSSR count). The number of hydrogen-bond donors (Lipinski definition) is 0. The molecule has 22 heavy (non-hydrogen) atoms. The second-order valence-electron chi connectivity index (χ2n) is 6.41. The van der Waals surface area contributed by atoms with E-state index in [-0.39, 0.29) is 0 Å². The maximum absolute atomic E-state index is 12.5.